The fourth-order valence-corrected chi connectivity index (χ4v) is 1.74. The highest BCUT2D eigenvalue weighted by Crippen LogP contribution is 2.09. The summed E-state index contributed by atoms with van der Waals surface area (Å²) in [5.41, 5.74) is 7.02. The molecule has 19 heavy (non-hydrogen) atoms. The van der Waals surface area contributed by atoms with Gasteiger partial charge >= 0.3 is 0 Å². The molecule has 1 aromatic carbocycles. The molecule has 3 N–H and O–H groups in total. The van der Waals surface area contributed by atoms with Gasteiger partial charge < -0.3 is 15.6 Å². The minimum Gasteiger partial charge on any atom is -0.360 e. The van der Waals surface area contributed by atoms with Crippen molar-refractivity contribution in [1.29, 1.82) is 0 Å². The third-order valence-electron chi connectivity index (χ3n) is 2.80. The summed E-state index contributed by atoms with van der Waals surface area (Å²) in [6, 6.07) is 11.0. The van der Waals surface area contributed by atoms with Gasteiger partial charge in [-0.15, -0.1) is 0 Å². The molecule has 1 amide bonds. The van der Waals surface area contributed by atoms with Crippen LogP contribution in [0.2, 0.25) is 0 Å². The van der Waals surface area contributed by atoms with E-state index >= 15 is 0 Å². The first-order valence-corrected chi connectivity index (χ1v) is 6.19. The fourth-order valence-electron chi connectivity index (χ4n) is 1.74. The average molecular weight is 259 g/mol. The van der Waals surface area contributed by atoms with Gasteiger partial charge in [-0.1, -0.05) is 35.5 Å². The van der Waals surface area contributed by atoms with Gasteiger partial charge in [0.2, 0.25) is 5.91 Å². The lowest BCUT2D eigenvalue weighted by Gasteiger charge is -2.10. The second kappa shape index (κ2) is 6.15. The SMILES string of the molecule is Cc1cc(NC(=O)C(N)CCc2ccccc2)no1. The molecular weight excluding hydrogens is 242 g/mol. The highest BCUT2D eigenvalue weighted by atomic mass is 16.5. The molecule has 0 saturated heterocycles. The summed E-state index contributed by atoms with van der Waals surface area (Å²) in [6.45, 7) is 1.76. The maximum absolute atomic E-state index is 11.8. The van der Waals surface area contributed by atoms with E-state index in [4.69, 9.17) is 10.3 Å². The maximum atomic E-state index is 11.8. The largest absolute Gasteiger partial charge is 0.360 e. The number of carbonyl (C=O) groups is 1. The van der Waals surface area contributed by atoms with Crippen LogP contribution in [0.15, 0.2) is 40.9 Å². The van der Waals surface area contributed by atoms with Crippen LogP contribution in [0, 0.1) is 6.92 Å². The van der Waals surface area contributed by atoms with Gasteiger partial charge in [-0.3, -0.25) is 4.79 Å². The van der Waals surface area contributed by atoms with Crippen molar-refractivity contribution in [3.05, 3.63) is 47.7 Å². The van der Waals surface area contributed by atoms with Gasteiger partial charge in [0.15, 0.2) is 5.82 Å². The van der Waals surface area contributed by atoms with Gasteiger partial charge in [0.05, 0.1) is 6.04 Å². The number of anilines is 1. The van der Waals surface area contributed by atoms with Crippen molar-refractivity contribution in [2.75, 3.05) is 5.32 Å². The van der Waals surface area contributed by atoms with Crippen LogP contribution in [-0.2, 0) is 11.2 Å². The highest BCUT2D eigenvalue weighted by Gasteiger charge is 2.15. The highest BCUT2D eigenvalue weighted by molar-refractivity contribution is 5.93. The first-order chi connectivity index (χ1) is 9.15. The zero-order valence-corrected chi connectivity index (χ0v) is 10.8. The molecule has 1 unspecified atom stereocenters. The molecule has 1 heterocycles. The van der Waals surface area contributed by atoms with Crippen LogP contribution in [0.5, 0.6) is 0 Å². The van der Waals surface area contributed by atoms with E-state index in [1.807, 2.05) is 30.3 Å². The molecule has 5 heteroatoms. The number of aromatic nitrogens is 1. The Balaban J connectivity index is 1.82. The van der Waals surface area contributed by atoms with E-state index in [9.17, 15) is 4.79 Å². The standard InChI is InChI=1S/C14H17N3O2/c1-10-9-13(17-19-10)16-14(18)12(15)8-7-11-5-3-2-4-6-11/h2-6,9,12H,7-8,15H2,1H3,(H,16,17,18). The van der Waals surface area contributed by atoms with Gasteiger partial charge in [-0.25, -0.2) is 0 Å². The van der Waals surface area contributed by atoms with E-state index in [2.05, 4.69) is 10.5 Å². The first kappa shape index (κ1) is 13.3. The lowest BCUT2D eigenvalue weighted by molar-refractivity contribution is -0.117. The smallest absolute Gasteiger partial charge is 0.242 e. The number of nitrogens with two attached hydrogens (primary N) is 1. The maximum Gasteiger partial charge on any atom is 0.242 e. The van der Waals surface area contributed by atoms with Crippen molar-refractivity contribution in [1.82, 2.24) is 5.16 Å². The molecule has 0 aliphatic carbocycles. The predicted octanol–water partition coefficient (Wildman–Crippen LogP) is 1.88. The minimum atomic E-state index is -0.558. The van der Waals surface area contributed by atoms with Crippen molar-refractivity contribution in [3.8, 4) is 0 Å². The minimum absolute atomic E-state index is 0.246. The number of amides is 1. The van der Waals surface area contributed by atoms with Crippen LogP contribution >= 0.6 is 0 Å². The van der Waals surface area contributed by atoms with E-state index in [1.165, 1.54) is 5.56 Å². The summed E-state index contributed by atoms with van der Waals surface area (Å²) in [6.07, 6.45) is 1.36. The van der Waals surface area contributed by atoms with Crippen LogP contribution in [0.4, 0.5) is 5.82 Å². The van der Waals surface area contributed by atoms with Crippen molar-refractivity contribution < 1.29 is 9.32 Å². The Morgan fingerprint density at radius 1 is 1.42 bits per heavy atom. The fraction of sp³-hybridized carbons (Fsp3) is 0.286. The van der Waals surface area contributed by atoms with E-state index in [1.54, 1.807) is 13.0 Å². The summed E-state index contributed by atoms with van der Waals surface area (Å²) >= 11 is 0. The van der Waals surface area contributed by atoms with Gasteiger partial charge in [-0.2, -0.15) is 0 Å². The van der Waals surface area contributed by atoms with Crippen LogP contribution in [0.3, 0.4) is 0 Å². The molecular formula is C14H17N3O2. The molecule has 0 radical (unpaired) electrons. The topological polar surface area (TPSA) is 81.2 Å². The lowest BCUT2D eigenvalue weighted by atomic mass is 10.1. The number of aryl methyl sites for hydroxylation is 2. The van der Waals surface area contributed by atoms with Crippen LogP contribution < -0.4 is 11.1 Å². The van der Waals surface area contributed by atoms with E-state index < -0.39 is 6.04 Å². The molecule has 2 rings (SSSR count). The molecule has 0 aliphatic rings. The molecule has 1 atom stereocenters. The van der Waals surface area contributed by atoms with Gasteiger partial charge in [0, 0.05) is 6.07 Å². The van der Waals surface area contributed by atoms with Crippen molar-refractivity contribution >= 4 is 11.7 Å². The lowest BCUT2D eigenvalue weighted by Crippen LogP contribution is -2.36. The summed E-state index contributed by atoms with van der Waals surface area (Å²) < 4.78 is 4.87. The average Bonchev–Trinajstić information content (AvgIpc) is 2.82. The number of carbonyl (C=O) groups excluding carboxylic acids is 1. The summed E-state index contributed by atoms with van der Waals surface area (Å²) in [4.78, 5) is 11.8. The van der Waals surface area contributed by atoms with Gasteiger partial charge in [0.1, 0.15) is 5.76 Å². The van der Waals surface area contributed by atoms with Gasteiger partial charge in [-0.05, 0) is 25.3 Å². The molecule has 0 saturated carbocycles. The molecule has 0 fully saturated rings. The Labute approximate surface area is 111 Å². The number of benzene rings is 1. The second-order valence-corrected chi connectivity index (χ2v) is 4.44. The Morgan fingerprint density at radius 2 is 2.16 bits per heavy atom. The normalized spacial score (nSPS) is 12.1. The third-order valence-corrected chi connectivity index (χ3v) is 2.80. The number of nitrogens with one attached hydrogen (secondary N) is 1. The molecule has 0 aliphatic heterocycles. The van der Waals surface area contributed by atoms with Crippen molar-refractivity contribution in [2.45, 2.75) is 25.8 Å². The van der Waals surface area contributed by atoms with Crippen LogP contribution in [-0.4, -0.2) is 17.1 Å². The third kappa shape index (κ3) is 3.93. The van der Waals surface area contributed by atoms with Gasteiger partial charge in [0.25, 0.3) is 0 Å². The van der Waals surface area contributed by atoms with E-state index in [0.29, 0.717) is 18.0 Å². The molecule has 100 valence electrons. The predicted molar refractivity (Wildman–Crippen MR) is 72.6 cm³/mol. The summed E-state index contributed by atoms with van der Waals surface area (Å²) in [5, 5.41) is 6.32. The zero-order chi connectivity index (χ0) is 13.7. The van der Waals surface area contributed by atoms with E-state index in [0.717, 1.165) is 6.42 Å². The zero-order valence-electron chi connectivity index (χ0n) is 10.8. The second-order valence-electron chi connectivity index (χ2n) is 4.44. The molecule has 0 bridgehead atoms. The number of nitrogens with zero attached hydrogens (tertiary/aromatic N) is 1. The summed E-state index contributed by atoms with van der Waals surface area (Å²) in [5.74, 6) is 0.801. The van der Waals surface area contributed by atoms with Crippen molar-refractivity contribution in [3.63, 3.8) is 0 Å². The van der Waals surface area contributed by atoms with E-state index in [-0.39, 0.29) is 5.91 Å². The van der Waals surface area contributed by atoms with Crippen LogP contribution in [0.1, 0.15) is 17.7 Å². The molecule has 0 spiro atoms. The molecule has 5 nitrogen and oxygen atoms in total. The molecule has 1 aromatic heterocycles. The number of rotatable bonds is 5. The number of hydrogen-bond acceptors (Lipinski definition) is 4. The first-order valence-electron chi connectivity index (χ1n) is 6.19. The summed E-state index contributed by atoms with van der Waals surface area (Å²) in [7, 11) is 0. The monoisotopic (exact) mass is 259 g/mol. The Hall–Kier alpha value is -2.14. The van der Waals surface area contributed by atoms with Crippen molar-refractivity contribution in [2.24, 2.45) is 5.73 Å². The number of hydrogen-bond donors (Lipinski definition) is 2. The van der Waals surface area contributed by atoms with Crippen LogP contribution in [0.25, 0.3) is 0 Å². The Kier molecular flexibility index (Phi) is 4.30. The Morgan fingerprint density at radius 3 is 2.79 bits per heavy atom. The molecule has 2 aromatic rings. The quantitative estimate of drug-likeness (QED) is 0.859. The Bertz CT molecular complexity index is 537.